The molecule has 0 saturated heterocycles. The van der Waals surface area contributed by atoms with Gasteiger partial charge in [0.1, 0.15) is 9.84 Å². The predicted molar refractivity (Wildman–Crippen MR) is 74.9 cm³/mol. The first kappa shape index (κ1) is 16.0. The number of aryl methyl sites for hydroxylation is 1. The van der Waals surface area contributed by atoms with Gasteiger partial charge in [-0.15, -0.1) is 0 Å². The van der Waals surface area contributed by atoms with Crippen LogP contribution in [0.1, 0.15) is 15.9 Å². The lowest BCUT2D eigenvalue weighted by atomic mass is 10.1. The van der Waals surface area contributed by atoms with Crippen molar-refractivity contribution in [3.05, 3.63) is 29.3 Å². The molecule has 0 fully saturated rings. The maximum absolute atomic E-state index is 11.6. The fraction of sp³-hybridized carbons (Fsp3) is 0.333. The number of nitrogens with one attached hydrogen (secondary N) is 2. The Labute approximate surface area is 116 Å². The van der Waals surface area contributed by atoms with E-state index in [2.05, 4.69) is 10.6 Å². The van der Waals surface area contributed by atoms with Gasteiger partial charge in [-0.05, 0) is 24.6 Å². The maximum Gasteiger partial charge on any atom is 0.335 e. The highest BCUT2D eigenvalue weighted by Gasteiger charge is 2.09. The molecule has 0 radical (unpaired) electrons. The van der Waals surface area contributed by atoms with E-state index in [4.69, 9.17) is 5.11 Å². The van der Waals surface area contributed by atoms with E-state index in [0.29, 0.717) is 11.3 Å². The van der Waals surface area contributed by atoms with E-state index < -0.39 is 21.8 Å². The Bertz CT molecular complexity index is 625. The smallest absolute Gasteiger partial charge is 0.335 e. The fourth-order valence-corrected chi connectivity index (χ4v) is 1.88. The van der Waals surface area contributed by atoms with Gasteiger partial charge < -0.3 is 15.7 Å². The maximum atomic E-state index is 11.6. The molecule has 20 heavy (non-hydrogen) atoms. The molecule has 1 aromatic carbocycles. The van der Waals surface area contributed by atoms with Crippen LogP contribution in [0.25, 0.3) is 0 Å². The van der Waals surface area contributed by atoms with Crippen LogP contribution in [-0.2, 0) is 9.84 Å². The third-order valence-corrected chi connectivity index (χ3v) is 3.44. The summed E-state index contributed by atoms with van der Waals surface area (Å²) < 4.78 is 21.8. The van der Waals surface area contributed by atoms with E-state index >= 15 is 0 Å². The van der Waals surface area contributed by atoms with Gasteiger partial charge in [0.05, 0.1) is 11.3 Å². The summed E-state index contributed by atoms with van der Waals surface area (Å²) in [6, 6.07) is 3.77. The van der Waals surface area contributed by atoms with Crippen LogP contribution in [0.15, 0.2) is 18.2 Å². The molecule has 2 amide bonds. The summed E-state index contributed by atoms with van der Waals surface area (Å²) in [6.45, 7) is 1.71. The summed E-state index contributed by atoms with van der Waals surface area (Å²) >= 11 is 0. The second-order valence-corrected chi connectivity index (χ2v) is 6.61. The Hall–Kier alpha value is -2.09. The molecule has 1 aromatic rings. The average Bonchev–Trinajstić information content (AvgIpc) is 2.30. The van der Waals surface area contributed by atoms with Crippen LogP contribution in [0.2, 0.25) is 0 Å². The third-order valence-electron chi connectivity index (χ3n) is 2.49. The molecular weight excluding hydrogens is 284 g/mol. The third kappa shape index (κ3) is 5.27. The summed E-state index contributed by atoms with van der Waals surface area (Å²) in [5.41, 5.74) is 1.12. The number of rotatable bonds is 5. The SMILES string of the molecule is Cc1ccc(C(=O)O)cc1NC(=O)NCCS(C)(=O)=O. The number of urea groups is 1. The molecular formula is C12H16N2O5S. The molecule has 1 rings (SSSR count). The van der Waals surface area contributed by atoms with E-state index in [0.717, 1.165) is 6.26 Å². The Morgan fingerprint density at radius 3 is 2.50 bits per heavy atom. The van der Waals surface area contributed by atoms with Crippen LogP contribution in [-0.4, -0.2) is 44.1 Å². The zero-order valence-corrected chi connectivity index (χ0v) is 12.0. The molecule has 0 aliphatic rings. The predicted octanol–water partition coefficient (Wildman–Crippen LogP) is 0.859. The monoisotopic (exact) mass is 300 g/mol. The summed E-state index contributed by atoms with van der Waals surface area (Å²) in [5.74, 6) is -1.25. The topological polar surface area (TPSA) is 113 Å². The Morgan fingerprint density at radius 2 is 1.95 bits per heavy atom. The molecule has 0 spiro atoms. The minimum absolute atomic E-state index is 0.0116. The van der Waals surface area contributed by atoms with Gasteiger partial charge >= 0.3 is 12.0 Å². The van der Waals surface area contributed by atoms with Gasteiger partial charge in [-0.1, -0.05) is 6.07 Å². The molecule has 0 atom stereocenters. The standard InChI is InChI=1S/C12H16N2O5S/c1-8-3-4-9(11(15)16)7-10(8)14-12(17)13-5-6-20(2,18)19/h3-4,7H,5-6H2,1-2H3,(H,15,16)(H2,13,14,17). The molecule has 0 bridgehead atoms. The van der Waals surface area contributed by atoms with Crippen LogP contribution < -0.4 is 10.6 Å². The van der Waals surface area contributed by atoms with Crippen molar-refractivity contribution in [2.24, 2.45) is 0 Å². The second kappa shape index (κ2) is 6.38. The zero-order valence-electron chi connectivity index (χ0n) is 11.1. The lowest BCUT2D eigenvalue weighted by Crippen LogP contribution is -2.32. The number of hydrogen-bond acceptors (Lipinski definition) is 4. The lowest BCUT2D eigenvalue weighted by Gasteiger charge is -2.10. The Kier molecular flexibility index (Phi) is 5.09. The highest BCUT2D eigenvalue weighted by Crippen LogP contribution is 2.16. The largest absolute Gasteiger partial charge is 0.478 e. The fourth-order valence-electron chi connectivity index (χ4n) is 1.41. The van der Waals surface area contributed by atoms with Gasteiger partial charge in [0.2, 0.25) is 0 Å². The molecule has 0 aromatic heterocycles. The van der Waals surface area contributed by atoms with Crippen molar-refractivity contribution >= 4 is 27.5 Å². The van der Waals surface area contributed by atoms with Crippen LogP contribution in [0.5, 0.6) is 0 Å². The van der Waals surface area contributed by atoms with E-state index in [1.807, 2.05) is 0 Å². The highest BCUT2D eigenvalue weighted by atomic mass is 32.2. The van der Waals surface area contributed by atoms with Crippen LogP contribution >= 0.6 is 0 Å². The number of sulfone groups is 1. The van der Waals surface area contributed by atoms with Gasteiger partial charge in [-0.2, -0.15) is 0 Å². The van der Waals surface area contributed by atoms with Crippen molar-refractivity contribution < 1.29 is 23.1 Å². The summed E-state index contributed by atoms with van der Waals surface area (Å²) in [5, 5.41) is 13.7. The van der Waals surface area contributed by atoms with Crippen LogP contribution in [0.4, 0.5) is 10.5 Å². The van der Waals surface area contributed by atoms with E-state index in [1.54, 1.807) is 13.0 Å². The van der Waals surface area contributed by atoms with Crippen LogP contribution in [0, 0.1) is 6.92 Å². The van der Waals surface area contributed by atoms with Crippen molar-refractivity contribution in [2.75, 3.05) is 23.9 Å². The second-order valence-electron chi connectivity index (χ2n) is 4.35. The van der Waals surface area contributed by atoms with Crippen LogP contribution in [0.3, 0.4) is 0 Å². The summed E-state index contributed by atoms with van der Waals surface area (Å²) in [6.07, 6.45) is 1.08. The number of hydrogen-bond donors (Lipinski definition) is 3. The lowest BCUT2D eigenvalue weighted by molar-refractivity contribution is 0.0697. The molecule has 0 aliphatic carbocycles. The number of carboxylic acids is 1. The molecule has 7 nitrogen and oxygen atoms in total. The molecule has 110 valence electrons. The quantitative estimate of drug-likeness (QED) is 0.746. The van der Waals surface area contributed by atoms with Gasteiger partial charge in [-0.25, -0.2) is 18.0 Å². The van der Waals surface area contributed by atoms with Crippen molar-refractivity contribution in [3.63, 3.8) is 0 Å². The van der Waals surface area contributed by atoms with Crippen molar-refractivity contribution in [1.82, 2.24) is 5.32 Å². The van der Waals surface area contributed by atoms with E-state index in [-0.39, 0.29) is 17.9 Å². The Balaban J connectivity index is 2.66. The summed E-state index contributed by atoms with van der Waals surface area (Å²) in [4.78, 5) is 22.4. The van der Waals surface area contributed by atoms with Crippen molar-refractivity contribution in [2.45, 2.75) is 6.92 Å². The number of carbonyl (C=O) groups is 2. The molecule has 0 unspecified atom stereocenters. The van der Waals surface area contributed by atoms with E-state index in [9.17, 15) is 18.0 Å². The number of carbonyl (C=O) groups excluding carboxylic acids is 1. The molecule has 0 heterocycles. The molecule has 3 N–H and O–H groups in total. The number of carboxylic acid groups (broad SMARTS) is 1. The van der Waals surface area contributed by atoms with E-state index in [1.165, 1.54) is 12.1 Å². The number of amides is 2. The first-order valence-electron chi connectivity index (χ1n) is 5.75. The van der Waals surface area contributed by atoms with Gasteiger partial charge in [0, 0.05) is 18.5 Å². The van der Waals surface area contributed by atoms with Gasteiger partial charge in [-0.3, -0.25) is 0 Å². The minimum Gasteiger partial charge on any atom is -0.478 e. The van der Waals surface area contributed by atoms with Gasteiger partial charge in [0.25, 0.3) is 0 Å². The molecule has 0 saturated carbocycles. The normalized spacial score (nSPS) is 10.9. The average molecular weight is 300 g/mol. The highest BCUT2D eigenvalue weighted by molar-refractivity contribution is 7.90. The number of aromatic carboxylic acids is 1. The number of anilines is 1. The first-order chi connectivity index (χ1) is 9.19. The minimum atomic E-state index is -3.14. The molecule has 8 heteroatoms. The summed E-state index contributed by atoms with van der Waals surface area (Å²) in [7, 11) is -3.14. The van der Waals surface area contributed by atoms with Gasteiger partial charge in [0.15, 0.2) is 0 Å². The molecule has 0 aliphatic heterocycles. The van der Waals surface area contributed by atoms with Crippen molar-refractivity contribution in [1.29, 1.82) is 0 Å². The first-order valence-corrected chi connectivity index (χ1v) is 7.81. The zero-order chi connectivity index (χ0) is 15.3. The van der Waals surface area contributed by atoms with Crippen molar-refractivity contribution in [3.8, 4) is 0 Å². The number of benzene rings is 1. The Morgan fingerprint density at radius 1 is 1.30 bits per heavy atom.